The summed E-state index contributed by atoms with van der Waals surface area (Å²) in [6, 6.07) is 23.6. The Morgan fingerprint density at radius 3 is 1.38 bits per heavy atom. The average Bonchev–Trinajstić information content (AvgIpc) is 3.27. The predicted molar refractivity (Wildman–Crippen MR) is 261 cm³/mol. The van der Waals surface area contributed by atoms with Crippen LogP contribution in [0, 0.1) is 0 Å². The van der Waals surface area contributed by atoms with Crippen LogP contribution in [0.1, 0.15) is 96.3 Å². The molecule has 11 N–H and O–H groups in total. The number of fused-ring (bicyclic) bond motifs is 1. The van der Waals surface area contributed by atoms with Gasteiger partial charge in [0.1, 0.15) is 40.8 Å². The maximum absolute atomic E-state index is 14.0. The van der Waals surface area contributed by atoms with Crippen molar-refractivity contribution in [3.63, 3.8) is 0 Å². The van der Waals surface area contributed by atoms with Gasteiger partial charge in [-0.3, -0.25) is 43.2 Å². The zero-order valence-electron chi connectivity index (χ0n) is 40.8. The summed E-state index contributed by atoms with van der Waals surface area (Å²) in [5, 5.41) is 20.2. The van der Waals surface area contributed by atoms with E-state index < -0.39 is 93.6 Å². The minimum Gasteiger partial charge on any atom is -0.368 e. The molecule has 18 nitrogen and oxygen atoms in total. The van der Waals surface area contributed by atoms with Crippen LogP contribution in [0.15, 0.2) is 97.1 Å². The lowest BCUT2D eigenvalue weighted by Gasteiger charge is -2.32. The van der Waals surface area contributed by atoms with Crippen LogP contribution < -0.4 is 48.7 Å². The summed E-state index contributed by atoms with van der Waals surface area (Å²) in [5.74, 6) is -6.20. The number of nitrogens with one attached hydrogen (secondary N) is 7. The summed E-state index contributed by atoms with van der Waals surface area (Å²) < 4.78 is 0. The molecule has 368 valence electrons. The normalized spacial score (nSPS) is 13.6. The van der Waals surface area contributed by atoms with Crippen molar-refractivity contribution in [2.75, 3.05) is 0 Å². The Morgan fingerprint density at radius 2 is 0.870 bits per heavy atom. The van der Waals surface area contributed by atoms with Crippen molar-refractivity contribution in [1.29, 1.82) is 0 Å². The SMILES string of the molecule is CC(NC(=O)C(C)(C)NC(=O)C(Cc1ccc(C(=O)c2ccccc2)cc1)NC(=O)C(C)(C)NC(=O)C(C)NC(=O)C(C)(C)NC(=O)C(Cc1ccc2ccccc2c1)NC(=O)C(C)(C)N)C(N)=O. The summed E-state index contributed by atoms with van der Waals surface area (Å²) in [7, 11) is 0. The molecule has 0 bridgehead atoms. The largest absolute Gasteiger partial charge is 0.368 e. The van der Waals surface area contributed by atoms with E-state index >= 15 is 0 Å². The van der Waals surface area contributed by atoms with Gasteiger partial charge in [-0.25, -0.2) is 0 Å². The molecule has 4 aromatic carbocycles. The maximum atomic E-state index is 14.0. The third-order valence-electron chi connectivity index (χ3n) is 11.3. The third-order valence-corrected chi connectivity index (χ3v) is 11.3. The van der Waals surface area contributed by atoms with Gasteiger partial charge in [0.25, 0.3) is 0 Å². The highest BCUT2D eigenvalue weighted by molar-refractivity contribution is 6.09. The molecule has 69 heavy (non-hydrogen) atoms. The first kappa shape index (κ1) is 54.1. The number of hydrogen-bond acceptors (Lipinski definition) is 10. The number of carbonyl (C=O) groups excluding carboxylic acids is 9. The Labute approximate surface area is 402 Å². The summed E-state index contributed by atoms with van der Waals surface area (Å²) >= 11 is 0. The molecule has 8 amide bonds. The molecule has 18 heteroatoms. The van der Waals surface area contributed by atoms with Gasteiger partial charge in [0.2, 0.25) is 47.3 Å². The van der Waals surface area contributed by atoms with Gasteiger partial charge in [0, 0.05) is 24.0 Å². The van der Waals surface area contributed by atoms with Crippen molar-refractivity contribution >= 4 is 63.8 Å². The zero-order valence-corrected chi connectivity index (χ0v) is 40.8. The number of ketones is 1. The Morgan fingerprint density at radius 1 is 0.464 bits per heavy atom. The Bertz CT molecular complexity index is 2590. The number of carbonyl (C=O) groups is 9. The van der Waals surface area contributed by atoms with Crippen LogP contribution in [0.3, 0.4) is 0 Å². The molecular weight excluding hydrogens is 883 g/mol. The minimum atomic E-state index is -1.71. The molecule has 0 aliphatic rings. The van der Waals surface area contributed by atoms with Crippen LogP contribution in [0.5, 0.6) is 0 Å². The van der Waals surface area contributed by atoms with E-state index in [2.05, 4.69) is 37.2 Å². The van der Waals surface area contributed by atoms with Gasteiger partial charge in [-0.15, -0.1) is 0 Å². The lowest BCUT2D eigenvalue weighted by atomic mass is 9.97. The van der Waals surface area contributed by atoms with Crippen LogP contribution in [0.25, 0.3) is 10.8 Å². The third kappa shape index (κ3) is 15.0. The van der Waals surface area contributed by atoms with Crippen molar-refractivity contribution in [2.45, 2.75) is 128 Å². The highest BCUT2D eigenvalue weighted by Crippen LogP contribution is 2.19. The van der Waals surface area contributed by atoms with E-state index in [1.165, 1.54) is 69.2 Å². The van der Waals surface area contributed by atoms with Gasteiger partial charge in [-0.1, -0.05) is 97.1 Å². The first-order valence-electron chi connectivity index (χ1n) is 22.4. The van der Waals surface area contributed by atoms with Gasteiger partial charge in [-0.05, 0) is 91.1 Å². The van der Waals surface area contributed by atoms with Gasteiger partial charge in [0.05, 0.1) is 5.54 Å². The first-order valence-corrected chi connectivity index (χ1v) is 22.4. The fourth-order valence-electron chi connectivity index (χ4n) is 6.75. The van der Waals surface area contributed by atoms with Crippen LogP contribution in [0.2, 0.25) is 0 Å². The second-order valence-electron chi connectivity index (χ2n) is 19.4. The zero-order chi connectivity index (χ0) is 51.6. The van der Waals surface area contributed by atoms with Gasteiger partial charge in [-0.2, -0.15) is 0 Å². The molecule has 0 fully saturated rings. The van der Waals surface area contributed by atoms with Crippen LogP contribution >= 0.6 is 0 Å². The van der Waals surface area contributed by atoms with Crippen LogP contribution in [-0.4, -0.2) is 99.4 Å². The van der Waals surface area contributed by atoms with E-state index in [0.29, 0.717) is 16.7 Å². The standard InChI is InChI=1S/C51H65N9O9/c1-29(40(52)62)54-45(67)49(5,6)59-42(64)37(27-31-20-24-35(25-21-31)39(61)34-17-12-11-13-18-34)57-47(69)51(9,10)58-41(63)30(2)55-46(68)50(7,8)60-43(65)38(56-44(66)48(3,4)53)28-32-22-23-33-16-14-15-19-36(33)26-32/h11-26,29-30,37-38H,27-28,53H2,1-10H3,(H2,52,62)(H,54,67)(H,55,68)(H,56,66)(H,57,69)(H,58,63)(H,59,64)(H,60,65). The molecule has 4 rings (SSSR count). The van der Waals surface area contributed by atoms with Gasteiger partial charge >= 0.3 is 0 Å². The fraction of sp³-hybridized carbons (Fsp3) is 0.392. The molecule has 0 aliphatic carbocycles. The Balaban J connectivity index is 1.47. The highest BCUT2D eigenvalue weighted by Gasteiger charge is 2.39. The fourth-order valence-corrected chi connectivity index (χ4v) is 6.75. The number of benzene rings is 4. The topological polar surface area (TPSA) is 290 Å². The van der Waals surface area contributed by atoms with E-state index in [1.54, 1.807) is 54.6 Å². The lowest BCUT2D eigenvalue weighted by molar-refractivity contribution is -0.138. The van der Waals surface area contributed by atoms with E-state index in [9.17, 15) is 43.2 Å². The number of nitrogens with two attached hydrogens (primary N) is 2. The highest BCUT2D eigenvalue weighted by atomic mass is 16.2. The number of primary amides is 1. The summed E-state index contributed by atoms with van der Waals surface area (Å²) in [4.78, 5) is 120. The molecule has 4 atom stereocenters. The van der Waals surface area contributed by atoms with Crippen molar-refractivity contribution in [2.24, 2.45) is 11.5 Å². The number of rotatable bonds is 21. The van der Waals surface area contributed by atoms with E-state index in [-0.39, 0.29) is 18.6 Å². The summed E-state index contributed by atoms with van der Waals surface area (Å²) in [5.41, 5.74) is 7.22. The molecule has 0 spiro atoms. The molecule has 0 radical (unpaired) electrons. The molecule has 0 aliphatic heterocycles. The van der Waals surface area contributed by atoms with Crippen molar-refractivity contribution in [3.05, 3.63) is 119 Å². The second-order valence-corrected chi connectivity index (χ2v) is 19.4. The molecular formula is C51H65N9O9. The molecule has 0 saturated carbocycles. The molecule has 0 heterocycles. The average molecular weight is 948 g/mol. The minimum absolute atomic E-state index is 0.0695. The van der Waals surface area contributed by atoms with Gasteiger partial charge < -0.3 is 48.7 Å². The van der Waals surface area contributed by atoms with Crippen molar-refractivity contribution in [1.82, 2.24) is 37.2 Å². The molecule has 0 saturated heterocycles. The predicted octanol–water partition coefficient (Wildman–Crippen LogP) is 1.74. The smallest absolute Gasteiger partial charge is 0.245 e. The molecule has 4 unspecified atom stereocenters. The molecule has 0 aromatic heterocycles. The molecule has 4 aromatic rings. The van der Waals surface area contributed by atoms with Crippen LogP contribution in [0.4, 0.5) is 0 Å². The maximum Gasteiger partial charge on any atom is 0.245 e. The van der Waals surface area contributed by atoms with E-state index in [4.69, 9.17) is 11.5 Å². The number of amides is 8. The quantitative estimate of drug-likeness (QED) is 0.0546. The van der Waals surface area contributed by atoms with E-state index in [1.807, 2.05) is 42.5 Å². The van der Waals surface area contributed by atoms with Gasteiger partial charge in [0.15, 0.2) is 5.78 Å². The second kappa shape index (κ2) is 22.1. The van der Waals surface area contributed by atoms with E-state index in [0.717, 1.165) is 16.3 Å². The van der Waals surface area contributed by atoms with Crippen molar-refractivity contribution < 1.29 is 43.2 Å². The lowest BCUT2D eigenvalue weighted by Crippen LogP contribution is -2.65. The van der Waals surface area contributed by atoms with Crippen LogP contribution in [-0.2, 0) is 51.2 Å². The summed E-state index contributed by atoms with van der Waals surface area (Å²) in [6.45, 7) is 14.2. The Kier molecular flexibility index (Phi) is 17.3. The van der Waals surface area contributed by atoms with Crippen molar-refractivity contribution in [3.8, 4) is 0 Å². The summed E-state index contributed by atoms with van der Waals surface area (Å²) in [6.07, 6.45) is -0.0547. The number of hydrogen-bond donors (Lipinski definition) is 9. The Hall–Kier alpha value is -7.47. The first-order chi connectivity index (χ1) is 32.0. The monoisotopic (exact) mass is 947 g/mol.